The van der Waals surface area contributed by atoms with Crippen molar-refractivity contribution in [3.05, 3.63) is 0 Å². The van der Waals surface area contributed by atoms with Crippen LogP contribution in [0.5, 0.6) is 0 Å². The Hall–Kier alpha value is -0.618. The van der Waals surface area contributed by atoms with Crippen LogP contribution in [-0.2, 0) is 36.9 Å². The van der Waals surface area contributed by atoms with Gasteiger partial charge in [0.25, 0.3) is 0 Å². The van der Waals surface area contributed by atoms with E-state index in [1.54, 1.807) is 0 Å². The Bertz CT molecular complexity index is 465. The van der Waals surface area contributed by atoms with E-state index in [4.69, 9.17) is 71.5 Å². The summed E-state index contributed by atoms with van der Waals surface area (Å²) in [6, 6.07) is 0. The Kier molecular flexibility index (Phi) is 19.1. The molecule has 0 heterocycles. The Balaban J connectivity index is -0.000000490. The fraction of sp³-hybridized carbons (Fsp3) is 0.857. The summed E-state index contributed by atoms with van der Waals surface area (Å²) >= 11 is 0. The first-order valence-electron chi connectivity index (χ1n) is 8.13. The predicted molar refractivity (Wildman–Crippen MR) is 89.5 cm³/mol. The second-order valence-corrected chi connectivity index (χ2v) is 6.01. The first kappa shape index (κ1) is 35.0. The van der Waals surface area contributed by atoms with Crippen molar-refractivity contribution in [2.24, 2.45) is 0 Å². The van der Waals surface area contributed by atoms with Gasteiger partial charge in [-0.1, -0.05) is 0 Å². The van der Waals surface area contributed by atoms with Gasteiger partial charge in [-0.15, -0.1) is 0 Å². The molecule has 0 saturated carbocycles. The van der Waals surface area contributed by atoms with Gasteiger partial charge in [0.15, 0.2) is 12.2 Å². The molecular weight excluding hydrogens is 537 g/mol. The molecule has 14 N–H and O–H groups in total. The first-order chi connectivity index (χ1) is 13.6. The van der Waals surface area contributed by atoms with Crippen LogP contribution >= 0.6 is 0 Å². The average Bonchev–Trinajstić information content (AvgIpc) is 2.73. The van der Waals surface area contributed by atoms with Crippen molar-refractivity contribution in [2.45, 2.75) is 61.0 Å². The predicted octanol–water partition coefficient (Wildman–Crippen LogP) is -8.27. The third-order valence-corrected chi connectivity index (χ3v) is 3.72. The Morgan fingerprint density at radius 1 is 0.484 bits per heavy atom. The maximum absolute atomic E-state index is 10.2. The minimum Gasteiger partial charge on any atom is -0.479 e. The molecule has 0 radical (unpaired) electrons. The maximum atomic E-state index is 10.2. The second-order valence-electron chi connectivity index (χ2n) is 6.01. The summed E-state index contributed by atoms with van der Waals surface area (Å²) in [5, 5.41) is 123. The zero-order chi connectivity index (χ0) is 24.3. The Labute approximate surface area is 194 Å². The van der Waals surface area contributed by atoms with Crippen molar-refractivity contribution in [1.29, 1.82) is 0 Å². The van der Waals surface area contributed by atoms with Crippen molar-refractivity contribution < 1.29 is 108 Å². The maximum Gasteiger partial charge on any atom is 0.335 e. The molecule has 182 valence electrons. The van der Waals surface area contributed by atoms with E-state index >= 15 is 0 Å². The fourth-order valence-electron chi connectivity index (χ4n) is 1.74. The average molecular weight is 565 g/mol. The normalized spacial score (nSPS) is 20.8. The van der Waals surface area contributed by atoms with Crippen molar-refractivity contribution in [1.82, 2.24) is 0 Å². The van der Waals surface area contributed by atoms with E-state index in [0.29, 0.717) is 0 Å². The smallest absolute Gasteiger partial charge is 0.335 e. The van der Waals surface area contributed by atoms with E-state index < -0.39 is 86.2 Å². The van der Waals surface area contributed by atoms with Crippen LogP contribution in [0.1, 0.15) is 0 Å². The number of carbonyl (C=O) groups is 2. The third-order valence-electron chi connectivity index (χ3n) is 3.72. The largest absolute Gasteiger partial charge is 0.479 e. The summed E-state index contributed by atoms with van der Waals surface area (Å²) in [5.74, 6) is -3.57. The van der Waals surface area contributed by atoms with Crippen molar-refractivity contribution in [2.75, 3.05) is 13.2 Å². The van der Waals surface area contributed by atoms with Gasteiger partial charge in [0, 0.05) is 27.3 Å². The molecule has 0 aliphatic carbocycles. The zero-order valence-electron chi connectivity index (χ0n) is 16.0. The number of hydrogen-bond acceptors (Lipinski definition) is 14. The van der Waals surface area contributed by atoms with Gasteiger partial charge >= 0.3 is 11.9 Å². The van der Waals surface area contributed by atoms with Crippen LogP contribution in [0, 0.1) is 0 Å². The van der Waals surface area contributed by atoms with Crippen molar-refractivity contribution in [3.63, 3.8) is 0 Å². The van der Waals surface area contributed by atoms with E-state index in [0.717, 1.165) is 0 Å². The zero-order valence-corrected chi connectivity index (χ0v) is 20.0. The van der Waals surface area contributed by atoms with Crippen LogP contribution in [0.25, 0.3) is 0 Å². The minimum atomic E-state index is -2.29. The van der Waals surface area contributed by atoms with Crippen molar-refractivity contribution in [3.8, 4) is 0 Å². The van der Waals surface area contributed by atoms with Gasteiger partial charge in [-0.05, 0) is 0 Å². The van der Waals surface area contributed by atoms with E-state index in [9.17, 15) is 9.59 Å². The molecule has 0 amide bonds. The molecule has 31 heavy (non-hydrogen) atoms. The summed E-state index contributed by atoms with van der Waals surface area (Å²) in [6.07, 6.45) is -20.5. The van der Waals surface area contributed by atoms with Crippen LogP contribution < -0.4 is 0 Å². The molecule has 0 spiro atoms. The quantitative estimate of drug-likeness (QED) is 0.0978. The van der Waals surface area contributed by atoms with E-state index in [1.165, 1.54) is 0 Å². The third kappa shape index (κ3) is 11.7. The molecule has 0 fully saturated rings. The fourth-order valence-corrected chi connectivity index (χ4v) is 1.74. The number of aliphatic carboxylic acids is 2. The molecule has 0 saturated heterocycles. The van der Waals surface area contributed by atoms with Crippen LogP contribution in [0.2, 0.25) is 0 Å². The SMILES string of the molecule is O=C(O)[C@@H](O)[C@H](O)[C@H](O)[C@@H](O)[C@@H](O)CO.O=C(O)[C@@H](O)[C@H](O)[C@H](O)[C@@H](O)[C@@H](O)CO.[Cd]. The van der Waals surface area contributed by atoms with Crippen LogP contribution in [0.15, 0.2) is 0 Å². The molecule has 16 nitrogen and oxygen atoms in total. The van der Waals surface area contributed by atoms with Crippen LogP contribution in [0.4, 0.5) is 0 Å². The van der Waals surface area contributed by atoms with Gasteiger partial charge in [-0.2, -0.15) is 0 Å². The van der Waals surface area contributed by atoms with Crippen molar-refractivity contribution >= 4 is 11.9 Å². The summed E-state index contributed by atoms with van der Waals surface area (Å²) in [4.78, 5) is 20.4. The van der Waals surface area contributed by atoms with Gasteiger partial charge < -0.3 is 71.5 Å². The molecular formula is C14H28CdO16. The van der Waals surface area contributed by atoms with E-state index in [-0.39, 0.29) is 27.3 Å². The summed E-state index contributed by atoms with van der Waals surface area (Å²) in [6.45, 7) is -1.76. The summed E-state index contributed by atoms with van der Waals surface area (Å²) in [7, 11) is 0. The van der Waals surface area contributed by atoms with Gasteiger partial charge in [0.2, 0.25) is 0 Å². The minimum absolute atomic E-state index is 0. The number of hydrogen-bond donors (Lipinski definition) is 14. The Morgan fingerprint density at radius 2 is 0.710 bits per heavy atom. The van der Waals surface area contributed by atoms with Crippen LogP contribution in [-0.4, -0.2) is 158 Å². The van der Waals surface area contributed by atoms with Crippen LogP contribution in [0.3, 0.4) is 0 Å². The summed E-state index contributed by atoms with van der Waals surface area (Å²) in [5.41, 5.74) is 0. The molecule has 0 aromatic carbocycles. The summed E-state index contributed by atoms with van der Waals surface area (Å²) < 4.78 is 0. The molecule has 17 heteroatoms. The van der Waals surface area contributed by atoms with Gasteiger partial charge in [-0.3, -0.25) is 0 Å². The first-order valence-corrected chi connectivity index (χ1v) is 8.13. The standard InChI is InChI=1S/2C7H14O8.Cd/c2*8-1-2(9)3(10)4(11)5(12)6(13)7(14)15;/h2*2-6,8-13H,1H2,(H,14,15);/t2*2-,3-,4+,5+,6-;/m00./s1. The number of carboxylic acid groups (broad SMARTS) is 2. The molecule has 0 aliphatic rings. The van der Waals surface area contributed by atoms with E-state index in [2.05, 4.69) is 0 Å². The molecule has 0 bridgehead atoms. The molecule has 0 unspecified atom stereocenters. The van der Waals surface area contributed by atoms with Gasteiger partial charge in [0.05, 0.1) is 13.2 Å². The molecule has 0 rings (SSSR count). The van der Waals surface area contributed by atoms with Gasteiger partial charge in [-0.25, -0.2) is 9.59 Å². The van der Waals surface area contributed by atoms with Gasteiger partial charge in [0.1, 0.15) is 48.8 Å². The Morgan fingerprint density at radius 3 is 0.871 bits per heavy atom. The second kappa shape index (κ2) is 16.9. The molecule has 0 aromatic heterocycles. The number of aliphatic hydroxyl groups excluding tert-OH is 12. The topological polar surface area (TPSA) is 317 Å². The monoisotopic (exact) mass is 566 g/mol. The number of rotatable bonds is 12. The molecule has 0 aliphatic heterocycles. The van der Waals surface area contributed by atoms with E-state index in [1.807, 2.05) is 0 Å². The number of carboxylic acids is 2. The molecule has 10 atom stereocenters. The number of aliphatic hydroxyl groups is 12. The molecule has 0 aromatic rings.